The molecular formula is C19H27N3O5S. The average Bonchev–Trinajstić information content (AvgIpc) is 2.61. The van der Waals surface area contributed by atoms with Gasteiger partial charge in [-0.05, 0) is 43.4 Å². The van der Waals surface area contributed by atoms with Gasteiger partial charge in [-0.15, -0.1) is 0 Å². The van der Waals surface area contributed by atoms with Crippen molar-refractivity contribution in [1.29, 1.82) is 0 Å². The third-order valence-electron chi connectivity index (χ3n) is 3.83. The molecule has 0 spiro atoms. The first-order valence-corrected chi connectivity index (χ1v) is 10.2. The maximum atomic E-state index is 12.6. The lowest BCUT2D eigenvalue weighted by atomic mass is 10.1. The van der Waals surface area contributed by atoms with E-state index in [0.717, 1.165) is 5.56 Å². The molecule has 28 heavy (non-hydrogen) atoms. The number of ether oxygens (including phenoxy) is 1. The summed E-state index contributed by atoms with van der Waals surface area (Å²) in [5.41, 5.74) is 6.30. The molecule has 0 unspecified atom stereocenters. The van der Waals surface area contributed by atoms with Gasteiger partial charge in [0, 0.05) is 5.56 Å². The molecule has 0 heterocycles. The lowest BCUT2D eigenvalue weighted by Gasteiger charge is -2.24. The Hall–Kier alpha value is -2.55. The fourth-order valence-electron chi connectivity index (χ4n) is 2.40. The first-order valence-electron chi connectivity index (χ1n) is 8.83. The van der Waals surface area contributed by atoms with Crippen molar-refractivity contribution in [3.05, 3.63) is 35.4 Å². The zero-order valence-electron chi connectivity index (χ0n) is 16.5. The topological polar surface area (TPSA) is 128 Å². The van der Waals surface area contributed by atoms with Crippen LogP contribution < -0.4 is 16.4 Å². The highest BCUT2D eigenvalue weighted by Gasteiger charge is 2.31. The molecule has 1 aromatic rings. The maximum absolute atomic E-state index is 12.6. The zero-order valence-corrected chi connectivity index (χ0v) is 17.3. The molecule has 4 amide bonds. The van der Waals surface area contributed by atoms with Crippen LogP contribution in [0, 0.1) is 12.8 Å². The third kappa shape index (κ3) is 7.59. The van der Waals surface area contributed by atoms with Gasteiger partial charge in [0.05, 0.1) is 0 Å². The number of carbonyl (C=O) groups excluding carboxylic acids is 4. The van der Waals surface area contributed by atoms with E-state index in [1.165, 1.54) is 11.8 Å². The van der Waals surface area contributed by atoms with Crippen LogP contribution in [0.1, 0.15) is 36.2 Å². The predicted octanol–water partition coefficient (Wildman–Crippen LogP) is 1.61. The van der Waals surface area contributed by atoms with Gasteiger partial charge in [0.25, 0.3) is 11.8 Å². The van der Waals surface area contributed by atoms with Crippen LogP contribution in [-0.4, -0.2) is 48.0 Å². The molecular weight excluding hydrogens is 382 g/mol. The summed E-state index contributed by atoms with van der Waals surface area (Å²) in [7, 11) is 0. The Morgan fingerprint density at radius 2 is 1.89 bits per heavy atom. The van der Waals surface area contributed by atoms with E-state index < -0.39 is 41.9 Å². The van der Waals surface area contributed by atoms with E-state index in [1.54, 1.807) is 32.0 Å². The molecule has 1 rings (SSSR count). The summed E-state index contributed by atoms with van der Waals surface area (Å²) in [6.07, 6.45) is 1.01. The number of carbonyl (C=O) groups is 4. The summed E-state index contributed by atoms with van der Waals surface area (Å²) in [4.78, 5) is 48.1. The summed E-state index contributed by atoms with van der Waals surface area (Å²) in [5.74, 6) is -1.74. The maximum Gasteiger partial charge on any atom is 0.329 e. The van der Waals surface area contributed by atoms with E-state index >= 15 is 0 Å². The summed E-state index contributed by atoms with van der Waals surface area (Å²) >= 11 is 1.51. The molecule has 2 atom stereocenters. The molecule has 0 aliphatic heterocycles. The molecule has 8 nitrogen and oxygen atoms in total. The monoisotopic (exact) mass is 409 g/mol. The van der Waals surface area contributed by atoms with Crippen LogP contribution in [0.3, 0.4) is 0 Å². The van der Waals surface area contributed by atoms with Crippen molar-refractivity contribution in [2.75, 3.05) is 12.0 Å². The van der Waals surface area contributed by atoms with Crippen LogP contribution >= 0.6 is 11.8 Å². The number of urea groups is 1. The second kappa shape index (κ2) is 11.3. The van der Waals surface area contributed by atoms with Gasteiger partial charge < -0.3 is 15.8 Å². The van der Waals surface area contributed by atoms with Crippen molar-refractivity contribution in [2.24, 2.45) is 11.7 Å². The number of amides is 4. The van der Waals surface area contributed by atoms with Crippen molar-refractivity contribution >= 4 is 35.6 Å². The van der Waals surface area contributed by atoms with Gasteiger partial charge in [-0.2, -0.15) is 11.8 Å². The largest absolute Gasteiger partial charge is 0.450 e. The quantitative estimate of drug-likeness (QED) is 0.532. The lowest BCUT2D eigenvalue weighted by molar-refractivity contribution is -0.160. The Morgan fingerprint density at radius 3 is 2.43 bits per heavy atom. The van der Waals surface area contributed by atoms with Crippen molar-refractivity contribution in [3.63, 3.8) is 0 Å². The van der Waals surface area contributed by atoms with E-state index in [4.69, 9.17) is 10.5 Å². The molecule has 0 saturated carbocycles. The van der Waals surface area contributed by atoms with E-state index in [1.807, 2.05) is 24.6 Å². The number of nitrogens with two attached hydrogens (primary N) is 1. The Morgan fingerprint density at radius 1 is 1.21 bits per heavy atom. The summed E-state index contributed by atoms with van der Waals surface area (Å²) in [6.45, 7) is 5.20. The zero-order chi connectivity index (χ0) is 21.3. The smallest absolute Gasteiger partial charge is 0.329 e. The van der Waals surface area contributed by atoms with Crippen LogP contribution in [0.5, 0.6) is 0 Å². The molecule has 0 aromatic heterocycles. The number of thioether (sulfide) groups is 1. The minimum Gasteiger partial charge on any atom is -0.450 e. The van der Waals surface area contributed by atoms with Crippen molar-refractivity contribution in [3.8, 4) is 0 Å². The number of aryl methyl sites for hydroxylation is 1. The molecule has 0 radical (unpaired) electrons. The summed E-state index contributed by atoms with van der Waals surface area (Å²) in [5, 5.41) is 4.58. The van der Waals surface area contributed by atoms with Crippen LogP contribution in [0.15, 0.2) is 24.3 Å². The SMILES string of the molecule is CSCC[C@@H](NC(=O)c1cccc(C)c1)C(=O)O[C@H](C(=O)NC(N)=O)C(C)C. The molecule has 0 bridgehead atoms. The Balaban J connectivity index is 2.91. The third-order valence-corrected chi connectivity index (χ3v) is 4.48. The van der Waals surface area contributed by atoms with Gasteiger partial charge in [0.2, 0.25) is 0 Å². The number of hydrogen-bond acceptors (Lipinski definition) is 6. The number of hydrogen-bond donors (Lipinski definition) is 3. The number of rotatable bonds is 9. The van der Waals surface area contributed by atoms with E-state index in [0.29, 0.717) is 17.7 Å². The predicted molar refractivity (Wildman–Crippen MR) is 108 cm³/mol. The van der Waals surface area contributed by atoms with Gasteiger partial charge >= 0.3 is 12.0 Å². The second-order valence-corrected chi connectivity index (χ2v) is 7.62. The van der Waals surface area contributed by atoms with Crippen LogP contribution in [0.25, 0.3) is 0 Å². The van der Waals surface area contributed by atoms with Crippen molar-refractivity contribution in [1.82, 2.24) is 10.6 Å². The Bertz CT molecular complexity index is 723. The molecule has 0 aliphatic rings. The first-order chi connectivity index (χ1) is 13.1. The van der Waals surface area contributed by atoms with Crippen LogP contribution in [0.4, 0.5) is 4.79 Å². The van der Waals surface area contributed by atoms with Crippen LogP contribution in [-0.2, 0) is 14.3 Å². The fraction of sp³-hybridized carbons (Fsp3) is 0.474. The average molecular weight is 410 g/mol. The molecule has 0 fully saturated rings. The standard InChI is InChI=1S/C19H27N3O5S/c1-11(2)15(17(24)22-19(20)26)27-18(25)14(8-9-28-4)21-16(23)13-7-5-6-12(3)10-13/h5-7,10-11,14-15H,8-9H2,1-4H3,(H,21,23)(H3,20,22,24,26)/t14-,15+/m1/s1. The first kappa shape index (κ1) is 23.5. The van der Waals surface area contributed by atoms with E-state index in [-0.39, 0.29) is 0 Å². The van der Waals surface area contributed by atoms with Crippen molar-refractivity contribution < 1.29 is 23.9 Å². The lowest BCUT2D eigenvalue weighted by Crippen LogP contribution is -2.49. The Labute approximate surface area is 168 Å². The molecule has 154 valence electrons. The van der Waals surface area contributed by atoms with Gasteiger partial charge in [-0.3, -0.25) is 14.9 Å². The molecule has 1 aromatic carbocycles. The van der Waals surface area contributed by atoms with E-state index in [2.05, 4.69) is 5.32 Å². The number of imide groups is 1. The highest BCUT2D eigenvalue weighted by molar-refractivity contribution is 7.98. The molecule has 0 saturated heterocycles. The summed E-state index contributed by atoms with van der Waals surface area (Å²) in [6, 6.07) is 5.02. The minimum absolute atomic E-state index is 0.333. The van der Waals surface area contributed by atoms with Gasteiger partial charge in [-0.25, -0.2) is 9.59 Å². The second-order valence-electron chi connectivity index (χ2n) is 6.63. The van der Waals surface area contributed by atoms with E-state index in [9.17, 15) is 19.2 Å². The summed E-state index contributed by atoms with van der Waals surface area (Å²) < 4.78 is 5.31. The van der Waals surface area contributed by atoms with Gasteiger partial charge in [-0.1, -0.05) is 31.5 Å². The highest BCUT2D eigenvalue weighted by atomic mass is 32.2. The Kier molecular flexibility index (Phi) is 9.50. The number of benzene rings is 1. The number of primary amides is 1. The number of esters is 1. The normalized spacial score (nSPS) is 12.8. The molecule has 0 aliphatic carbocycles. The fourth-order valence-corrected chi connectivity index (χ4v) is 2.88. The van der Waals surface area contributed by atoms with Gasteiger partial charge in [0.1, 0.15) is 6.04 Å². The molecule has 9 heteroatoms. The minimum atomic E-state index is -1.20. The number of nitrogens with one attached hydrogen (secondary N) is 2. The highest BCUT2D eigenvalue weighted by Crippen LogP contribution is 2.12. The van der Waals surface area contributed by atoms with Gasteiger partial charge in [0.15, 0.2) is 6.10 Å². The molecule has 4 N–H and O–H groups in total. The van der Waals surface area contributed by atoms with Crippen LogP contribution in [0.2, 0.25) is 0 Å². The van der Waals surface area contributed by atoms with Crippen molar-refractivity contribution in [2.45, 2.75) is 39.3 Å².